The molecule has 0 spiro atoms. The van der Waals surface area contributed by atoms with Crippen molar-refractivity contribution in [2.45, 2.75) is 6.42 Å². The highest BCUT2D eigenvalue weighted by Gasteiger charge is 2.30. The van der Waals surface area contributed by atoms with Crippen LogP contribution in [-0.2, 0) is 9.59 Å². The second-order valence-electron chi connectivity index (χ2n) is 1.91. The third kappa shape index (κ3) is 0.718. The van der Waals surface area contributed by atoms with Crippen molar-refractivity contribution in [3.63, 3.8) is 0 Å². The number of amides is 2. The number of nitrogens with zero attached hydrogens (tertiary/aromatic N) is 1. The number of likely N-dealkylation sites (tertiary alicyclic amines) is 1. The molecule has 0 saturated carbocycles. The normalized spacial score (nSPS) is 19.7. The Bertz CT molecular complexity index is 197. The first-order valence-corrected chi connectivity index (χ1v) is 2.51. The number of hydrogen-bond donors (Lipinski definition) is 1. The van der Waals surface area contributed by atoms with E-state index in [0.717, 1.165) is 4.90 Å². The number of carbonyl (C=O) groups excluding carboxylic acids is 2. The summed E-state index contributed by atoms with van der Waals surface area (Å²) in [5.41, 5.74) is -0.109. The lowest BCUT2D eigenvalue weighted by molar-refractivity contribution is -0.135. The molecule has 0 aromatic heterocycles. The molecule has 0 unspecified atom stereocenters. The van der Waals surface area contributed by atoms with Crippen molar-refractivity contribution in [3.05, 3.63) is 0 Å². The minimum atomic E-state index is -0.472. The summed E-state index contributed by atoms with van der Waals surface area (Å²) in [5, 5.41) is 6.90. The van der Waals surface area contributed by atoms with Gasteiger partial charge in [-0.2, -0.15) is 0 Å². The fraction of sp³-hybridized carbons (Fsp3) is 0.400. The maximum atomic E-state index is 10.6. The van der Waals surface area contributed by atoms with Crippen molar-refractivity contribution in [2.75, 3.05) is 7.05 Å². The molecule has 0 radical (unpaired) electrons. The molecule has 0 atom stereocenters. The molecule has 9 heavy (non-hydrogen) atoms. The van der Waals surface area contributed by atoms with Crippen LogP contribution in [0.15, 0.2) is 0 Å². The van der Waals surface area contributed by atoms with Gasteiger partial charge in [-0.1, -0.05) is 0 Å². The summed E-state index contributed by atoms with van der Waals surface area (Å²) >= 11 is 0. The second-order valence-corrected chi connectivity index (χ2v) is 1.91. The van der Waals surface area contributed by atoms with Crippen LogP contribution < -0.4 is 0 Å². The fourth-order valence-electron chi connectivity index (χ4n) is 0.661. The first-order chi connectivity index (χ1) is 4.13. The molecule has 1 saturated heterocycles. The van der Waals surface area contributed by atoms with Gasteiger partial charge >= 0.3 is 0 Å². The van der Waals surface area contributed by atoms with Gasteiger partial charge in [-0.15, -0.1) is 0 Å². The van der Waals surface area contributed by atoms with E-state index in [1.165, 1.54) is 7.05 Å². The zero-order valence-corrected chi connectivity index (χ0v) is 4.97. The molecule has 0 aromatic rings. The average Bonchev–Trinajstić information content (AvgIpc) is 1.98. The standard InChI is InChI=1S/C5H6N2O2/c1-7-4(8)2-3(6)5(7)9/h6H,2H2,1H3. The van der Waals surface area contributed by atoms with E-state index < -0.39 is 5.91 Å². The molecule has 1 rings (SSSR count). The molecule has 4 heteroatoms. The number of rotatable bonds is 0. The van der Waals surface area contributed by atoms with Gasteiger partial charge in [-0.3, -0.25) is 19.9 Å². The van der Waals surface area contributed by atoms with Gasteiger partial charge in [0.25, 0.3) is 5.91 Å². The Kier molecular flexibility index (Phi) is 1.09. The predicted octanol–water partition coefficient (Wildman–Crippen LogP) is -0.605. The predicted molar refractivity (Wildman–Crippen MR) is 30.1 cm³/mol. The quantitative estimate of drug-likeness (QED) is 0.440. The summed E-state index contributed by atoms with van der Waals surface area (Å²) in [7, 11) is 1.38. The molecule has 1 N–H and O–H groups in total. The summed E-state index contributed by atoms with van der Waals surface area (Å²) in [6, 6.07) is 0. The monoisotopic (exact) mass is 126 g/mol. The van der Waals surface area contributed by atoms with Gasteiger partial charge < -0.3 is 0 Å². The van der Waals surface area contributed by atoms with Gasteiger partial charge in [0.2, 0.25) is 5.91 Å². The van der Waals surface area contributed by atoms with Gasteiger partial charge in [0, 0.05) is 7.05 Å². The Morgan fingerprint density at radius 3 is 2.22 bits per heavy atom. The number of hydrogen-bond acceptors (Lipinski definition) is 3. The summed E-state index contributed by atoms with van der Waals surface area (Å²) < 4.78 is 0. The fourth-order valence-corrected chi connectivity index (χ4v) is 0.661. The van der Waals surface area contributed by atoms with Crippen LogP contribution in [0.4, 0.5) is 0 Å². The lowest BCUT2D eigenvalue weighted by Gasteiger charge is -2.00. The molecule has 1 aliphatic rings. The van der Waals surface area contributed by atoms with E-state index in [0.29, 0.717) is 0 Å². The van der Waals surface area contributed by atoms with Crippen LogP contribution in [0.5, 0.6) is 0 Å². The topological polar surface area (TPSA) is 61.2 Å². The van der Waals surface area contributed by atoms with Gasteiger partial charge in [-0.05, 0) is 0 Å². The Morgan fingerprint density at radius 1 is 1.56 bits per heavy atom. The van der Waals surface area contributed by atoms with Crippen molar-refractivity contribution in [3.8, 4) is 0 Å². The summed E-state index contributed by atoms with van der Waals surface area (Å²) in [5.74, 6) is -0.759. The summed E-state index contributed by atoms with van der Waals surface area (Å²) in [6.07, 6.45) is -0.0324. The van der Waals surface area contributed by atoms with Crippen LogP contribution in [0.2, 0.25) is 0 Å². The largest absolute Gasteiger partial charge is 0.299 e. The number of imide groups is 1. The van der Waals surface area contributed by atoms with Crippen LogP contribution >= 0.6 is 0 Å². The maximum Gasteiger partial charge on any atom is 0.274 e. The zero-order valence-electron chi connectivity index (χ0n) is 4.97. The molecule has 4 nitrogen and oxygen atoms in total. The van der Waals surface area contributed by atoms with Crippen molar-refractivity contribution >= 4 is 17.5 Å². The van der Waals surface area contributed by atoms with Crippen molar-refractivity contribution in [1.29, 1.82) is 5.41 Å². The van der Waals surface area contributed by atoms with Gasteiger partial charge in [0.1, 0.15) is 5.71 Å². The molecular formula is C5H6N2O2. The highest BCUT2D eigenvalue weighted by Crippen LogP contribution is 2.04. The van der Waals surface area contributed by atoms with Crippen LogP contribution in [0.1, 0.15) is 6.42 Å². The lowest BCUT2D eigenvalue weighted by Crippen LogP contribution is -2.25. The first kappa shape index (κ1) is 5.94. The van der Waals surface area contributed by atoms with E-state index in [1.807, 2.05) is 0 Å². The van der Waals surface area contributed by atoms with E-state index in [-0.39, 0.29) is 18.0 Å². The van der Waals surface area contributed by atoms with E-state index in [9.17, 15) is 9.59 Å². The third-order valence-electron chi connectivity index (χ3n) is 1.26. The van der Waals surface area contributed by atoms with Crippen LogP contribution in [-0.4, -0.2) is 29.5 Å². The lowest BCUT2D eigenvalue weighted by atomic mass is 10.3. The number of nitrogens with one attached hydrogen (secondary N) is 1. The van der Waals surface area contributed by atoms with Crippen molar-refractivity contribution < 1.29 is 9.59 Å². The molecule has 2 amide bonds. The maximum absolute atomic E-state index is 10.6. The Morgan fingerprint density at radius 2 is 2.11 bits per heavy atom. The van der Waals surface area contributed by atoms with Crippen LogP contribution in [0.3, 0.4) is 0 Å². The molecule has 0 bridgehead atoms. The van der Waals surface area contributed by atoms with Crippen molar-refractivity contribution in [1.82, 2.24) is 4.90 Å². The molecule has 0 aliphatic carbocycles. The molecule has 48 valence electrons. The Hall–Kier alpha value is -1.19. The Balaban J connectivity index is 2.90. The minimum absolute atomic E-state index is 0.0324. The first-order valence-electron chi connectivity index (χ1n) is 2.51. The zero-order chi connectivity index (χ0) is 7.02. The molecule has 1 aliphatic heterocycles. The molecule has 1 heterocycles. The highest BCUT2D eigenvalue weighted by atomic mass is 16.2. The second kappa shape index (κ2) is 1.65. The van der Waals surface area contributed by atoms with Crippen LogP contribution in [0.25, 0.3) is 0 Å². The van der Waals surface area contributed by atoms with E-state index >= 15 is 0 Å². The van der Waals surface area contributed by atoms with Gasteiger partial charge in [-0.25, -0.2) is 0 Å². The third-order valence-corrected chi connectivity index (χ3v) is 1.26. The van der Waals surface area contributed by atoms with Crippen molar-refractivity contribution in [2.24, 2.45) is 0 Å². The average molecular weight is 126 g/mol. The minimum Gasteiger partial charge on any atom is -0.299 e. The smallest absolute Gasteiger partial charge is 0.274 e. The van der Waals surface area contributed by atoms with Gasteiger partial charge in [0.15, 0.2) is 0 Å². The SMILES string of the molecule is CN1C(=O)CC(=N)C1=O. The summed E-state index contributed by atoms with van der Waals surface area (Å²) in [6.45, 7) is 0. The Labute approximate surface area is 52.0 Å². The molecular weight excluding hydrogens is 120 g/mol. The van der Waals surface area contributed by atoms with E-state index in [1.54, 1.807) is 0 Å². The van der Waals surface area contributed by atoms with E-state index in [2.05, 4.69) is 0 Å². The molecule has 0 aromatic carbocycles. The number of carbonyl (C=O) groups is 2. The van der Waals surface area contributed by atoms with Crippen LogP contribution in [0, 0.1) is 5.41 Å². The highest BCUT2D eigenvalue weighted by molar-refractivity contribution is 6.47. The summed E-state index contributed by atoms with van der Waals surface area (Å²) in [4.78, 5) is 22.1. The van der Waals surface area contributed by atoms with Gasteiger partial charge in [0.05, 0.1) is 6.42 Å². The molecule has 1 fully saturated rings. The van der Waals surface area contributed by atoms with E-state index in [4.69, 9.17) is 5.41 Å².